The Bertz CT molecular complexity index is 183. The fourth-order valence-electron chi connectivity index (χ4n) is 0.956. The molecule has 0 atom stereocenters. The largest absolute Gasteiger partial charge is 0.481 e. The smallest absolute Gasteiger partial charge is 0.303 e. The van der Waals surface area contributed by atoms with Gasteiger partial charge in [0, 0.05) is 25.9 Å². The van der Waals surface area contributed by atoms with Crippen LogP contribution in [0, 0.1) is 0 Å². The Kier molecular flexibility index (Phi) is 7.83. The van der Waals surface area contributed by atoms with Gasteiger partial charge in [0.1, 0.15) is 0 Å². The molecule has 3 N–H and O–H groups in total. The lowest BCUT2D eigenvalue weighted by Gasteiger charge is -2.03. The molecule has 0 spiro atoms. The zero-order valence-corrected chi connectivity index (χ0v) is 8.51. The van der Waals surface area contributed by atoms with E-state index in [-0.39, 0.29) is 12.3 Å². The van der Waals surface area contributed by atoms with Crippen LogP contribution in [0.15, 0.2) is 0 Å². The zero-order valence-electron chi connectivity index (χ0n) is 8.51. The molecular formula is C9H18N2O3. The molecule has 0 aliphatic heterocycles. The van der Waals surface area contributed by atoms with E-state index in [4.69, 9.17) is 5.11 Å². The van der Waals surface area contributed by atoms with Crippen molar-refractivity contribution in [2.75, 3.05) is 20.1 Å². The second-order valence-electron chi connectivity index (χ2n) is 3.05. The van der Waals surface area contributed by atoms with Crippen molar-refractivity contribution in [2.45, 2.75) is 25.7 Å². The second-order valence-corrected chi connectivity index (χ2v) is 3.05. The van der Waals surface area contributed by atoms with Gasteiger partial charge in [-0.25, -0.2) is 0 Å². The lowest BCUT2D eigenvalue weighted by Crippen LogP contribution is -2.27. The Morgan fingerprint density at radius 2 is 1.86 bits per heavy atom. The predicted octanol–water partition coefficient (Wildman–Crippen LogP) is -0.0330. The third kappa shape index (κ3) is 8.99. The summed E-state index contributed by atoms with van der Waals surface area (Å²) in [6, 6.07) is 0. The normalized spacial score (nSPS) is 9.79. The summed E-state index contributed by atoms with van der Waals surface area (Å²) < 4.78 is 0. The first kappa shape index (κ1) is 12.9. The Hall–Kier alpha value is -1.10. The second kappa shape index (κ2) is 8.50. The third-order valence-electron chi connectivity index (χ3n) is 1.74. The number of aliphatic carboxylic acids is 1. The van der Waals surface area contributed by atoms with Crippen LogP contribution in [0.25, 0.3) is 0 Å². The van der Waals surface area contributed by atoms with E-state index in [0.29, 0.717) is 25.9 Å². The van der Waals surface area contributed by atoms with Crippen molar-refractivity contribution in [1.82, 2.24) is 10.6 Å². The molecule has 0 saturated carbocycles. The number of unbranched alkanes of at least 4 members (excludes halogenated alkanes) is 1. The van der Waals surface area contributed by atoms with E-state index in [9.17, 15) is 9.59 Å². The molecule has 0 unspecified atom stereocenters. The fourth-order valence-corrected chi connectivity index (χ4v) is 0.956. The standard InChI is InChI=1S/C9H18N2O3/c1-10-7-5-8(12)11-6-3-2-4-9(13)14/h10H,2-7H2,1H3,(H,11,12)(H,13,14). The van der Waals surface area contributed by atoms with Crippen molar-refractivity contribution in [2.24, 2.45) is 0 Å². The molecule has 82 valence electrons. The lowest BCUT2D eigenvalue weighted by atomic mass is 10.2. The number of amides is 1. The molecule has 0 rings (SSSR count). The van der Waals surface area contributed by atoms with Crippen LogP contribution in [-0.4, -0.2) is 37.1 Å². The van der Waals surface area contributed by atoms with Gasteiger partial charge in [0.25, 0.3) is 0 Å². The SMILES string of the molecule is CNCCC(=O)NCCCCC(=O)O. The van der Waals surface area contributed by atoms with Crippen LogP contribution in [0.4, 0.5) is 0 Å². The summed E-state index contributed by atoms with van der Waals surface area (Å²) in [5, 5.41) is 13.9. The van der Waals surface area contributed by atoms with Crippen LogP contribution in [-0.2, 0) is 9.59 Å². The van der Waals surface area contributed by atoms with Gasteiger partial charge in [-0.2, -0.15) is 0 Å². The van der Waals surface area contributed by atoms with E-state index in [1.807, 2.05) is 0 Å². The van der Waals surface area contributed by atoms with Gasteiger partial charge in [-0.3, -0.25) is 9.59 Å². The Balaban J connectivity index is 3.19. The van der Waals surface area contributed by atoms with E-state index in [1.165, 1.54) is 0 Å². The van der Waals surface area contributed by atoms with Crippen molar-refractivity contribution in [3.63, 3.8) is 0 Å². The van der Waals surface area contributed by atoms with Crippen LogP contribution < -0.4 is 10.6 Å². The van der Waals surface area contributed by atoms with Crippen molar-refractivity contribution in [3.05, 3.63) is 0 Å². The summed E-state index contributed by atoms with van der Waals surface area (Å²) in [6.45, 7) is 1.23. The average molecular weight is 202 g/mol. The first-order valence-corrected chi connectivity index (χ1v) is 4.80. The minimum absolute atomic E-state index is 0.00896. The maximum absolute atomic E-state index is 11.0. The van der Waals surface area contributed by atoms with Crippen molar-refractivity contribution in [3.8, 4) is 0 Å². The summed E-state index contributed by atoms with van der Waals surface area (Å²) in [7, 11) is 1.79. The highest BCUT2D eigenvalue weighted by molar-refractivity contribution is 5.76. The molecule has 0 bridgehead atoms. The molecule has 0 radical (unpaired) electrons. The number of carbonyl (C=O) groups excluding carboxylic acids is 1. The molecule has 0 heterocycles. The first-order valence-electron chi connectivity index (χ1n) is 4.80. The van der Waals surface area contributed by atoms with E-state index in [2.05, 4.69) is 10.6 Å². The van der Waals surface area contributed by atoms with Gasteiger partial charge in [-0.05, 0) is 19.9 Å². The predicted molar refractivity (Wildman–Crippen MR) is 53.0 cm³/mol. The molecule has 0 saturated heterocycles. The molecule has 0 aromatic carbocycles. The molecular weight excluding hydrogens is 184 g/mol. The molecule has 5 heteroatoms. The third-order valence-corrected chi connectivity index (χ3v) is 1.74. The Labute approximate surface area is 83.9 Å². The fraction of sp³-hybridized carbons (Fsp3) is 0.778. The summed E-state index contributed by atoms with van der Waals surface area (Å²) in [4.78, 5) is 21.2. The number of rotatable bonds is 8. The molecule has 1 amide bonds. The number of hydrogen-bond acceptors (Lipinski definition) is 3. The molecule has 14 heavy (non-hydrogen) atoms. The van der Waals surface area contributed by atoms with Crippen molar-refractivity contribution >= 4 is 11.9 Å². The van der Waals surface area contributed by atoms with E-state index in [0.717, 1.165) is 6.42 Å². The van der Waals surface area contributed by atoms with Gasteiger partial charge in [0.05, 0.1) is 0 Å². The lowest BCUT2D eigenvalue weighted by molar-refractivity contribution is -0.137. The quantitative estimate of drug-likeness (QED) is 0.483. The van der Waals surface area contributed by atoms with Crippen LogP contribution >= 0.6 is 0 Å². The Morgan fingerprint density at radius 3 is 2.43 bits per heavy atom. The summed E-state index contributed by atoms with van der Waals surface area (Å²) >= 11 is 0. The first-order chi connectivity index (χ1) is 6.66. The van der Waals surface area contributed by atoms with Gasteiger partial charge in [0.2, 0.25) is 5.91 Å². The number of carboxylic acids is 1. The molecule has 0 aromatic rings. The van der Waals surface area contributed by atoms with Crippen molar-refractivity contribution < 1.29 is 14.7 Å². The molecule has 5 nitrogen and oxygen atoms in total. The van der Waals surface area contributed by atoms with Gasteiger partial charge in [-0.15, -0.1) is 0 Å². The highest BCUT2D eigenvalue weighted by Gasteiger charge is 1.99. The summed E-state index contributed by atoms with van der Waals surface area (Å²) in [5.74, 6) is -0.777. The van der Waals surface area contributed by atoms with Crippen molar-refractivity contribution in [1.29, 1.82) is 0 Å². The minimum atomic E-state index is -0.786. The maximum atomic E-state index is 11.0. The zero-order chi connectivity index (χ0) is 10.8. The van der Waals surface area contributed by atoms with Gasteiger partial charge in [-0.1, -0.05) is 0 Å². The summed E-state index contributed by atoms with van der Waals surface area (Å²) in [6.07, 6.45) is 1.97. The van der Waals surface area contributed by atoms with Gasteiger partial charge < -0.3 is 15.7 Å². The summed E-state index contributed by atoms with van der Waals surface area (Å²) in [5.41, 5.74) is 0. The van der Waals surface area contributed by atoms with Crippen LogP contribution in [0.1, 0.15) is 25.7 Å². The monoisotopic (exact) mass is 202 g/mol. The highest BCUT2D eigenvalue weighted by atomic mass is 16.4. The minimum Gasteiger partial charge on any atom is -0.481 e. The number of carboxylic acid groups (broad SMARTS) is 1. The van der Waals surface area contributed by atoms with Crippen LogP contribution in [0.3, 0.4) is 0 Å². The van der Waals surface area contributed by atoms with Gasteiger partial charge in [0.15, 0.2) is 0 Å². The number of hydrogen-bond donors (Lipinski definition) is 3. The number of carbonyl (C=O) groups is 2. The molecule has 0 aliphatic rings. The van der Waals surface area contributed by atoms with E-state index in [1.54, 1.807) is 7.05 Å². The molecule has 0 fully saturated rings. The molecule has 0 aliphatic carbocycles. The maximum Gasteiger partial charge on any atom is 0.303 e. The van der Waals surface area contributed by atoms with Crippen LogP contribution in [0.2, 0.25) is 0 Å². The number of nitrogens with one attached hydrogen (secondary N) is 2. The van der Waals surface area contributed by atoms with Crippen LogP contribution in [0.5, 0.6) is 0 Å². The van der Waals surface area contributed by atoms with E-state index >= 15 is 0 Å². The topological polar surface area (TPSA) is 78.4 Å². The highest BCUT2D eigenvalue weighted by Crippen LogP contribution is 1.93. The average Bonchev–Trinajstić information content (AvgIpc) is 2.13. The molecule has 0 aromatic heterocycles. The van der Waals surface area contributed by atoms with E-state index < -0.39 is 5.97 Å². The van der Waals surface area contributed by atoms with Gasteiger partial charge >= 0.3 is 5.97 Å². The Morgan fingerprint density at radius 1 is 1.14 bits per heavy atom.